The van der Waals surface area contributed by atoms with E-state index in [0.29, 0.717) is 11.3 Å². The lowest BCUT2D eigenvalue weighted by atomic mass is 10.2. The van der Waals surface area contributed by atoms with Gasteiger partial charge in [-0.1, -0.05) is 22.0 Å². The number of carboxylic acids is 1. The van der Waals surface area contributed by atoms with Gasteiger partial charge in [0.15, 0.2) is 0 Å². The number of halogens is 1. The maximum Gasteiger partial charge on any atom is 0.337 e. The Kier molecular flexibility index (Phi) is 4.38. The third-order valence-corrected chi connectivity index (χ3v) is 3.91. The Hall–Kier alpha value is -1.33. The van der Waals surface area contributed by atoms with E-state index in [2.05, 4.69) is 27.3 Å². The Labute approximate surface area is 118 Å². The molecule has 1 aromatic carbocycles. The lowest BCUT2D eigenvalue weighted by molar-refractivity contribution is 0.0698. The largest absolute Gasteiger partial charge is 0.478 e. The minimum atomic E-state index is -0.916. The molecule has 1 aromatic heterocycles. The normalized spacial score (nSPS) is 10.3. The first-order chi connectivity index (χ1) is 8.66. The molecule has 0 saturated carbocycles. The number of nitrogens with one attached hydrogen (secondary N) is 1. The minimum absolute atomic E-state index is 0.296. The van der Waals surface area contributed by atoms with Crippen LogP contribution in [0.3, 0.4) is 0 Å². The molecule has 0 spiro atoms. The van der Waals surface area contributed by atoms with E-state index < -0.39 is 5.97 Å². The molecular weight excluding hydrogens is 314 g/mol. The first-order valence-corrected chi connectivity index (χ1v) is 7.13. The number of carbonyl (C=O) groups is 1. The van der Waals surface area contributed by atoms with Crippen molar-refractivity contribution < 1.29 is 9.90 Å². The van der Waals surface area contributed by atoms with Crippen LogP contribution in [0.4, 0.5) is 5.69 Å². The average molecular weight is 326 g/mol. The maximum absolute atomic E-state index is 11.1. The van der Waals surface area contributed by atoms with Gasteiger partial charge in [0, 0.05) is 21.6 Å². The molecule has 0 bridgehead atoms. The summed E-state index contributed by atoms with van der Waals surface area (Å²) in [5.41, 5.74) is 0.942. The molecule has 3 nitrogen and oxygen atoms in total. The number of hydrogen-bond donors (Lipinski definition) is 2. The highest BCUT2D eigenvalue weighted by atomic mass is 79.9. The van der Waals surface area contributed by atoms with Crippen molar-refractivity contribution in [3.63, 3.8) is 0 Å². The molecule has 2 aromatic rings. The van der Waals surface area contributed by atoms with E-state index in [-0.39, 0.29) is 0 Å². The van der Waals surface area contributed by atoms with Crippen LogP contribution >= 0.6 is 27.3 Å². The summed E-state index contributed by atoms with van der Waals surface area (Å²) >= 11 is 5.05. The molecule has 1 heterocycles. The van der Waals surface area contributed by atoms with Gasteiger partial charge in [-0.25, -0.2) is 4.79 Å². The third kappa shape index (κ3) is 3.34. The van der Waals surface area contributed by atoms with Crippen molar-refractivity contribution in [1.29, 1.82) is 0 Å². The van der Waals surface area contributed by atoms with E-state index in [9.17, 15) is 4.79 Å². The number of aromatic carboxylic acids is 1. The Morgan fingerprint density at radius 3 is 2.89 bits per heavy atom. The van der Waals surface area contributed by atoms with Crippen molar-refractivity contribution in [1.82, 2.24) is 0 Å². The van der Waals surface area contributed by atoms with E-state index in [1.807, 2.05) is 11.4 Å². The van der Waals surface area contributed by atoms with Crippen LogP contribution in [0.2, 0.25) is 0 Å². The van der Waals surface area contributed by atoms with Gasteiger partial charge in [-0.05, 0) is 36.1 Å². The highest BCUT2D eigenvalue weighted by Crippen LogP contribution is 2.21. The summed E-state index contributed by atoms with van der Waals surface area (Å²) in [6.45, 7) is 0.719. The molecule has 0 radical (unpaired) electrons. The standard InChI is InChI=1S/C13H12BrNO2S/c14-9-3-4-11(13(16)17)12(8-9)15-6-5-10-2-1-7-18-10/h1-4,7-8,15H,5-6H2,(H,16,17). The number of benzene rings is 1. The lowest BCUT2D eigenvalue weighted by Gasteiger charge is -2.09. The summed E-state index contributed by atoms with van der Waals surface area (Å²) in [5, 5.41) is 14.3. The summed E-state index contributed by atoms with van der Waals surface area (Å²) in [6, 6.07) is 9.21. The molecule has 0 unspecified atom stereocenters. The van der Waals surface area contributed by atoms with Gasteiger partial charge in [-0.3, -0.25) is 0 Å². The van der Waals surface area contributed by atoms with Crippen molar-refractivity contribution in [3.8, 4) is 0 Å². The van der Waals surface area contributed by atoms with Crippen LogP contribution in [0.1, 0.15) is 15.2 Å². The van der Waals surface area contributed by atoms with Gasteiger partial charge in [-0.15, -0.1) is 11.3 Å². The first kappa shape index (κ1) is 13.1. The minimum Gasteiger partial charge on any atom is -0.478 e. The van der Waals surface area contributed by atoms with E-state index in [0.717, 1.165) is 17.4 Å². The van der Waals surface area contributed by atoms with Gasteiger partial charge in [-0.2, -0.15) is 0 Å². The highest BCUT2D eigenvalue weighted by Gasteiger charge is 2.09. The number of thiophene rings is 1. The zero-order chi connectivity index (χ0) is 13.0. The highest BCUT2D eigenvalue weighted by molar-refractivity contribution is 9.10. The molecule has 2 rings (SSSR count). The molecule has 0 aliphatic heterocycles. The van der Waals surface area contributed by atoms with E-state index >= 15 is 0 Å². The van der Waals surface area contributed by atoms with Crippen LogP contribution < -0.4 is 5.32 Å². The fraction of sp³-hybridized carbons (Fsp3) is 0.154. The monoisotopic (exact) mass is 325 g/mol. The lowest BCUT2D eigenvalue weighted by Crippen LogP contribution is -2.09. The third-order valence-electron chi connectivity index (χ3n) is 2.48. The summed E-state index contributed by atoms with van der Waals surface area (Å²) in [7, 11) is 0. The van der Waals surface area contributed by atoms with E-state index in [1.54, 1.807) is 29.5 Å². The first-order valence-electron chi connectivity index (χ1n) is 5.46. The molecule has 2 N–H and O–H groups in total. The topological polar surface area (TPSA) is 49.3 Å². The Bertz CT molecular complexity index is 540. The smallest absolute Gasteiger partial charge is 0.337 e. The van der Waals surface area contributed by atoms with Crippen LogP contribution in [0.25, 0.3) is 0 Å². The molecule has 18 heavy (non-hydrogen) atoms. The van der Waals surface area contributed by atoms with Crippen LogP contribution in [-0.4, -0.2) is 17.6 Å². The summed E-state index contributed by atoms with van der Waals surface area (Å²) in [4.78, 5) is 12.4. The molecule has 0 aliphatic carbocycles. The molecule has 0 saturated heterocycles. The summed E-state index contributed by atoms with van der Waals surface area (Å²) < 4.78 is 0.867. The zero-order valence-electron chi connectivity index (χ0n) is 9.52. The van der Waals surface area contributed by atoms with Gasteiger partial charge < -0.3 is 10.4 Å². The Balaban J connectivity index is 2.03. The van der Waals surface area contributed by atoms with Crippen molar-refractivity contribution in [2.24, 2.45) is 0 Å². The quantitative estimate of drug-likeness (QED) is 0.877. The Morgan fingerprint density at radius 1 is 1.39 bits per heavy atom. The van der Waals surface area contributed by atoms with Crippen LogP contribution in [0, 0.1) is 0 Å². The molecule has 94 valence electrons. The average Bonchev–Trinajstić information content (AvgIpc) is 2.82. The zero-order valence-corrected chi connectivity index (χ0v) is 11.9. The molecule has 0 amide bonds. The maximum atomic E-state index is 11.1. The SMILES string of the molecule is O=C(O)c1ccc(Br)cc1NCCc1cccs1. The van der Waals surface area contributed by atoms with Gasteiger partial charge in [0.05, 0.1) is 5.56 Å². The van der Waals surface area contributed by atoms with Gasteiger partial charge >= 0.3 is 5.97 Å². The summed E-state index contributed by atoms with van der Waals surface area (Å²) in [6.07, 6.45) is 0.892. The van der Waals surface area contributed by atoms with Crippen molar-refractivity contribution >= 4 is 38.9 Å². The predicted octanol–water partition coefficient (Wildman–Crippen LogP) is 3.86. The van der Waals surface area contributed by atoms with E-state index in [4.69, 9.17) is 5.11 Å². The molecule has 0 aliphatic rings. The van der Waals surface area contributed by atoms with E-state index in [1.165, 1.54) is 4.88 Å². The van der Waals surface area contributed by atoms with Crippen molar-refractivity contribution in [2.45, 2.75) is 6.42 Å². The Morgan fingerprint density at radius 2 is 2.22 bits per heavy atom. The van der Waals surface area contributed by atoms with Crippen molar-refractivity contribution in [3.05, 3.63) is 50.6 Å². The number of anilines is 1. The van der Waals surface area contributed by atoms with Crippen molar-refractivity contribution in [2.75, 3.05) is 11.9 Å². The molecule has 0 atom stereocenters. The second kappa shape index (κ2) is 6.02. The van der Waals surface area contributed by atoms with Gasteiger partial charge in [0.2, 0.25) is 0 Å². The summed E-state index contributed by atoms with van der Waals surface area (Å²) in [5.74, 6) is -0.916. The van der Waals surface area contributed by atoms with Gasteiger partial charge in [0.1, 0.15) is 0 Å². The number of rotatable bonds is 5. The predicted molar refractivity (Wildman–Crippen MR) is 77.6 cm³/mol. The molecular formula is C13H12BrNO2S. The molecule has 5 heteroatoms. The fourth-order valence-electron chi connectivity index (χ4n) is 1.62. The fourth-order valence-corrected chi connectivity index (χ4v) is 2.69. The second-order valence-electron chi connectivity index (χ2n) is 3.75. The van der Waals surface area contributed by atoms with Crippen LogP contribution in [0.5, 0.6) is 0 Å². The number of hydrogen-bond acceptors (Lipinski definition) is 3. The van der Waals surface area contributed by atoms with Crippen LogP contribution in [-0.2, 0) is 6.42 Å². The van der Waals surface area contributed by atoms with Crippen LogP contribution in [0.15, 0.2) is 40.2 Å². The van der Waals surface area contributed by atoms with Gasteiger partial charge in [0.25, 0.3) is 0 Å². The number of carboxylic acid groups (broad SMARTS) is 1. The second-order valence-corrected chi connectivity index (χ2v) is 5.70. The molecule has 0 fully saturated rings.